The first-order valence-corrected chi connectivity index (χ1v) is 3.37. The van der Waals surface area contributed by atoms with Gasteiger partial charge in [-0.05, 0) is 6.42 Å². The van der Waals surface area contributed by atoms with Crippen LogP contribution in [0.3, 0.4) is 0 Å². The first-order chi connectivity index (χ1) is 4.34. The highest BCUT2D eigenvalue weighted by Crippen LogP contribution is 2.15. The zero-order chi connectivity index (χ0) is 6.69. The van der Waals surface area contributed by atoms with Crippen LogP contribution in [-0.4, -0.2) is 11.2 Å². The molecule has 0 fully saturated rings. The standard InChI is InChI=1S/C8H12O/c1-2-8(9)7-5-3-4-6-7/h3-9H,2H2,1H3/t8-/m0/s1. The summed E-state index contributed by atoms with van der Waals surface area (Å²) in [7, 11) is 0. The van der Waals surface area contributed by atoms with E-state index in [1.807, 2.05) is 31.2 Å². The summed E-state index contributed by atoms with van der Waals surface area (Å²) in [6.07, 6.45) is 8.65. The molecular weight excluding hydrogens is 112 g/mol. The Morgan fingerprint density at radius 3 is 2.44 bits per heavy atom. The normalized spacial score (nSPS) is 21.1. The number of aliphatic hydroxyl groups is 1. The van der Waals surface area contributed by atoms with Crippen molar-refractivity contribution in [2.75, 3.05) is 0 Å². The second-order valence-corrected chi connectivity index (χ2v) is 2.32. The summed E-state index contributed by atoms with van der Waals surface area (Å²) in [6, 6.07) is 0. The highest BCUT2D eigenvalue weighted by molar-refractivity contribution is 5.18. The fourth-order valence-electron chi connectivity index (χ4n) is 0.978. The number of rotatable bonds is 2. The van der Waals surface area contributed by atoms with E-state index in [9.17, 15) is 5.11 Å². The third kappa shape index (κ3) is 1.42. The van der Waals surface area contributed by atoms with E-state index in [0.29, 0.717) is 0 Å². The number of hydrogen-bond donors (Lipinski definition) is 1. The molecule has 0 heterocycles. The van der Waals surface area contributed by atoms with Gasteiger partial charge in [0.25, 0.3) is 0 Å². The van der Waals surface area contributed by atoms with Crippen LogP contribution >= 0.6 is 0 Å². The van der Waals surface area contributed by atoms with E-state index in [4.69, 9.17) is 0 Å². The lowest BCUT2D eigenvalue weighted by molar-refractivity contribution is 0.145. The lowest BCUT2D eigenvalue weighted by Crippen LogP contribution is -2.13. The zero-order valence-electron chi connectivity index (χ0n) is 5.62. The SMILES string of the molecule is CC[C@H](O)C1C=CC=C1. The average Bonchev–Trinajstić information content (AvgIpc) is 2.37. The summed E-state index contributed by atoms with van der Waals surface area (Å²) in [5.41, 5.74) is 0. The van der Waals surface area contributed by atoms with E-state index in [2.05, 4.69) is 0 Å². The molecule has 0 aromatic carbocycles. The zero-order valence-corrected chi connectivity index (χ0v) is 5.62. The quantitative estimate of drug-likeness (QED) is 0.591. The molecule has 0 aliphatic heterocycles. The van der Waals surface area contributed by atoms with E-state index in [0.717, 1.165) is 6.42 Å². The van der Waals surface area contributed by atoms with Crippen LogP contribution in [0.15, 0.2) is 24.3 Å². The Kier molecular flexibility index (Phi) is 2.06. The summed E-state index contributed by atoms with van der Waals surface area (Å²) in [5.74, 6) is 0.273. The predicted molar refractivity (Wildman–Crippen MR) is 38.1 cm³/mol. The van der Waals surface area contributed by atoms with E-state index in [-0.39, 0.29) is 12.0 Å². The van der Waals surface area contributed by atoms with Gasteiger partial charge in [0.1, 0.15) is 0 Å². The second-order valence-electron chi connectivity index (χ2n) is 2.32. The second kappa shape index (κ2) is 2.83. The van der Waals surface area contributed by atoms with Crippen LogP contribution in [0.2, 0.25) is 0 Å². The maximum absolute atomic E-state index is 9.26. The van der Waals surface area contributed by atoms with Gasteiger partial charge in [-0.3, -0.25) is 0 Å². The van der Waals surface area contributed by atoms with E-state index < -0.39 is 0 Å². The van der Waals surface area contributed by atoms with Gasteiger partial charge in [0.05, 0.1) is 6.10 Å². The monoisotopic (exact) mass is 124 g/mol. The van der Waals surface area contributed by atoms with Gasteiger partial charge >= 0.3 is 0 Å². The largest absolute Gasteiger partial charge is 0.392 e. The minimum absolute atomic E-state index is 0.181. The molecule has 0 radical (unpaired) electrons. The third-order valence-electron chi connectivity index (χ3n) is 1.64. The van der Waals surface area contributed by atoms with Gasteiger partial charge in [0.15, 0.2) is 0 Å². The first kappa shape index (κ1) is 6.56. The van der Waals surface area contributed by atoms with Gasteiger partial charge in [-0.1, -0.05) is 31.2 Å². The van der Waals surface area contributed by atoms with Crippen LogP contribution in [0.5, 0.6) is 0 Å². The molecule has 50 valence electrons. The molecule has 0 saturated heterocycles. The van der Waals surface area contributed by atoms with Crippen LogP contribution in [-0.2, 0) is 0 Å². The molecule has 1 aliphatic carbocycles. The molecule has 0 aromatic rings. The molecule has 0 unspecified atom stereocenters. The number of aliphatic hydroxyl groups excluding tert-OH is 1. The predicted octanol–water partition coefficient (Wildman–Crippen LogP) is 1.50. The summed E-state index contributed by atoms with van der Waals surface area (Å²) in [5, 5.41) is 9.26. The van der Waals surface area contributed by atoms with Crippen molar-refractivity contribution in [3.8, 4) is 0 Å². The molecule has 0 saturated carbocycles. The number of allylic oxidation sites excluding steroid dienone is 2. The molecular formula is C8H12O. The summed E-state index contributed by atoms with van der Waals surface area (Å²) >= 11 is 0. The topological polar surface area (TPSA) is 20.2 Å². The Balaban J connectivity index is 2.43. The van der Waals surface area contributed by atoms with Gasteiger partial charge in [-0.25, -0.2) is 0 Å². The molecule has 1 atom stereocenters. The van der Waals surface area contributed by atoms with Crippen molar-refractivity contribution in [3.63, 3.8) is 0 Å². The van der Waals surface area contributed by atoms with Gasteiger partial charge in [0, 0.05) is 5.92 Å². The molecule has 1 heteroatoms. The Morgan fingerprint density at radius 2 is 2.00 bits per heavy atom. The van der Waals surface area contributed by atoms with Gasteiger partial charge in [0.2, 0.25) is 0 Å². The molecule has 0 aromatic heterocycles. The average molecular weight is 124 g/mol. The molecule has 1 N–H and O–H groups in total. The molecule has 0 bridgehead atoms. The lowest BCUT2D eigenvalue weighted by Gasteiger charge is -2.10. The summed E-state index contributed by atoms with van der Waals surface area (Å²) in [4.78, 5) is 0. The minimum atomic E-state index is -0.181. The van der Waals surface area contributed by atoms with Crippen LogP contribution in [0.1, 0.15) is 13.3 Å². The van der Waals surface area contributed by atoms with Gasteiger partial charge in [-0.2, -0.15) is 0 Å². The fraction of sp³-hybridized carbons (Fsp3) is 0.500. The summed E-state index contributed by atoms with van der Waals surface area (Å²) < 4.78 is 0. The molecule has 1 nitrogen and oxygen atoms in total. The number of hydrogen-bond acceptors (Lipinski definition) is 1. The molecule has 1 aliphatic rings. The van der Waals surface area contributed by atoms with Gasteiger partial charge < -0.3 is 5.11 Å². The van der Waals surface area contributed by atoms with Crippen molar-refractivity contribution in [2.24, 2.45) is 5.92 Å². The highest BCUT2D eigenvalue weighted by atomic mass is 16.3. The van der Waals surface area contributed by atoms with Crippen molar-refractivity contribution in [2.45, 2.75) is 19.4 Å². The maximum atomic E-state index is 9.26. The fourth-order valence-corrected chi connectivity index (χ4v) is 0.978. The maximum Gasteiger partial charge on any atom is 0.0635 e. The van der Waals surface area contributed by atoms with Crippen molar-refractivity contribution < 1.29 is 5.11 Å². The Labute approximate surface area is 55.7 Å². The minimum Gasteiger partial charge on any atom is -0.392 e. The summed E-state index contributed by atoms with van der Waals surface area (Å²) in [6.45, 7) is 1.99. The highest BCUT2D eigenvalue weighted by Gasteiger charge is 2.11. The van der Waals surface area contributed by atoms with Crippen molar-refractivity contribution in [1.82, 2.24) is 0 Å². The Morgan fingerprint density at radius 1 is 1.44 bits per heavy atom. The van der Waals surface area contributed by atoms with Crippen molar-refractivity contribution in [3.05, 3.63) is 24.3 Å². The third-order valence-corrected chi connectivity index (χ3v) is 1.64. The lowest BCUT2D eigenvalue weighted by atomic mass is 10.0. The van der Waals surface area contributed by atoms with Crippen LogP contribution in [0.4, 0.5) is 0 Å². The van der Waals surface area contributed by atoms with Crippen molar-refractivity contribution >= 4 is 0 Å². The Bertz CT molecular complexity index is 124. The van der Waals surface area contributed by atoms with Crippen LogP contribution < -0.4 is 0 Å². The smallest absolute Gasteiger partial charge is 0.0635 e. The molecule has 0 amide bonds. The van der Waals surface area contributed by atoms with E-state index >= 15 is 0 Å². The van der Waals surface area contributed by atoms with Crippen molar-refractivity contribution in [1.29, 1.82) is 0 Å². The molecule has 0 spiro atoms. The van der Waals surface area contributed by atoms with E-state index in [1.54, 1.807) is 0 Å². The molecule has 1 rings (SSSR count). The van der Waals surface area contributed by atoms with Gasteiger partial charge in [-0.15, -0.1) is 0 Å². The van der Waals surface area contributed by atoms with Crippen LogP contribution in [0.25, 0.3) is 0 Å². The van der Waals surface area contributed by atoms with E-state index in [1.165, 1.54) is 0 Å². The first-order valence-electron chi connectivity index (χ1n) is 3.37. The Hall–Kier alpha value is -0.560. The van der Waals surface area contributed by atoms with Crippen LogP contribution in [0, 0.1) is 5.92 Å². The molecule has 9 heavy (non-hydrogen) atoms.